The Morgan fingerprint density at radius 1 is 0.862 bits per heavy atom. The number of benzene rings is 2. The summed E-state index contributed by atoms with van der Waals surface area (Å²) >= 11 is 0. The summed E-state index contributed by atoms with van der Waals surface area (Å²) in [6.07, 6.45) is 3.77. The minimum Gasteiger partial charge on any atom is -0.257 e. The summed E-state index contributed by atoms with van der Waals surface area (Å²) in [5.41, 5.74) is 10.7. The van der Waals surface area contributed by atoms with Gasteiger partial charge in [-0.05, 0) is 56.0 Å². The zero-order chi connectivity index (χ0) is 20.7. The van der Waals surface area contributed by atoms with E-state index in [0.29, 0.717) is 5.92 Å². The van der Waals surface area contributed by atoms with Gasteiger partial charge < -0.3 is 0 Å². The van der Waals surface area contributed by atoms with Crippen LogP contribution in [0.5, 0.6) is 0 Å². The second kappa shape index (κ2) is 7.40. The average molecular weight is 383 g/mol. The molecular formula is C26H28N3+. The Bertz CT molecular complexity index is 1210. The van der Waals surface area contributed by atoms with Gasteiger partial charge in [-0.15, -0.1) is 0 Å². The normalized spacial score (nSPS) is 11.4. The number of hydrogen-bond acceptors (Lipinski definition) is 2. The fourth-order valence-corrected chi connectivity index (χ4v) is 3.91. The van der Waals surface area contributed by atoms with Gasteiger partial charge in [-0.25, -0.2) is 0 Å². The number of pyridine rings is 1. The summed E-state index contributed by atoms with van der Waals surface area (Å²) in [5.74, 6) is 0.384. The lowest BCUT2D eigenvalue weighted by Crippen LogP contribution is -2.32. The molecule has 0 fully saturated rings. The third-order valence-electron chi connectivity index (χ3n) is 5.82. The Morgan fingerprint density at radius 3 is 2.31 bits per heavy atom. The molecule has 4 rings (SSSR count). The second-order valence-electron chi connectivity index (χ2n) is 8.29. The summed E-state index contributed by atoms with van der Waals surface area (Å²) < 4.78 is 2.29. The van der Waals surface area contributed by atoms with Crippen LogP contribution in [-0.4, -0.2) is 9.97 Å². The lowest BCUT2D eigenvalue weighted by atomic mass is 9.96. The van der Waals surface area contributed by atoms with Crippen molar-refractivity contribution in [3.63, 3.8) is 0 Å². The lowest BCUT2D eigenvalue weighted by Gasteiger charge is -2.11. The molecule has 2 aromatic carbocycles. The van der Waals surface area contributed by atoms with E-state index in [9.17, 15) is 0 Å². The molecule has 146 valence electrons. The number of rotatable bonds is 3. The number of fused-ring (bicyclic) bond motifs is 1. The van der Waals surface area contributed by atoms with Crippen molar-refractivity contribution in [3.8, 4) is 22.5 Å². The van der Waals surface area contributed by atoms with E-state index in [-0.39, 0.29) is 0 Å². The molecule has 0 aliphatic rings. The van der Waals surface area contributed by atoms with Crippen LogP contribution in [0.3, 0.4) is 0 Å². The fraction of sp³-hybridized carbons (Fsp3) is 0.269. The Hall–Kier alpha value is -3.07. The van der Waals surface area contributed by atoms with E-state index in [1.54, 1.807) is 0 Å². The first-order valence-corrected chi connectivity index (χ1v) is 10.2. The first-order chi connectivity index (χ1) is 13.8. The number of aryl methyl sites for hydroxylation is 3. The predicted molar refractivity (Wildman–Crippen MR) is 120 cm³/mol. The van der Waals surface area contributed by atoms with Crippen molar-refractivity contribution < 1.29 is 4.57 Å². The molecule has 0 spiro atoms. The van der Waals surface area contributed by atoms with Gasteiger partial charge in [0.05, 0.1) is 17.6 Å². The van der Waals surface area contributed by atoms with E-state index in [2.05, 4.69) is 98.7 Å². The van der Waals surface area contributed by atoms with E-state index in [0.717, 1.165) is 17.0 Å². The largest absolute Gasteiger partial charge is 0.257 e. The fourth-order valence-electron chi connectivity index (χ4n) is 3.91. The standard InChI is InChI=1S/C26H28N3/c1-16(2)23-14-28-24(15-27-23)21-8-7-20-9-10-25(29(6)26(20)13-21)22-12-17(3)11-18(4)19(22)5/h7-16H,1-6H3/q+1. The molecule has 0 atom stereocenters. The van der Waals surface area contributed by atoms with Gasteiger partial charge in [0.25, 0.3) is 0 Å². The van der Waals surface area contributed by atoms with Gasteiger partial charge >= 0.3 is 0 Å². The summed E-state index contributed by atoms with van der Waals surface area (Å²) in [6.45, 7) is 10.8. The number of hydrogen-bond donors (Lipinski definition) is 0. The molecular weight excluding hydrogens is 354 g/mol. The molecule has 2 heterocycles. The van der Waals surface area contributed by atoms with Gasteiger partial charge in [-0.3, -0.25) is 9.97 Å². The van der Waals surface area contributed by atoms with E-state index in [4.69, 9.17) is 0 Å². The van der Waals surface area contributed by atoms with Crippen LogP contribution in [-0.2, 0) is 7.05 Å². The van der Waals surface area contributed by atoms with Gasteiger partial charge in [0.15, 0.2) is 0 Å². The Morgan fingerprint density at radius 2 is 1.62 bits per heavy atom. The van der Waals surface area contributed by atoms with Crippen molar-refractivity contribution in [1.29, 1.82) is 0 Å². The minimum atomic E-state index is 0.384. The van der Waals surface area contributed by atoms with Gasteiger partial charge in [0, 0.05) is 34.8 Å². The summed E-state index contributed by atoms with van der Waals surface area (Å²) in [4.78, 5) is 9.24. The van der Waals surface area contributed by atoms with E-state index < -0.39 is 0 Å². The number of aromatic nitrogens is 3. The van der Waals surface area contributed by atoms with Crippen molar-refractivity contribution in [2.24, 2.45) is 7.05 Å². The number of nitrogens with zero attached hydrogens (tertiary/aromatic N) is 3. The predicted octanol–water partition coefficient (Wildman–Crippen LogP) is 5.84. The monoisotopic (exact) mass is 382 g/mol. The van der Waals surface area contributed by atoms with Crippen molar-refractivity contribution in [2.45, 2.75) is 40.5 Å². The molecule has 3 heteroatoms. The van der Waals surface area contributed by atoms with Gasteiger partial charge in [0.1, 0.15) is 7.05 Å². The third-order valence-corrected chi connectivity index (χ3v) is 5.82. The summed E-state index contributed by atoms with van der Waals surface area (Å²) in [5, 5.41) is 1.22. The van der Waals surface area contributed by atoms with Crippen LogP contribution in [0.15, 0.2) is 54.9 Å². The molecule has 0 bridgehead atoms. The van der Waals surface area contributed by atoms with Crippen molar-refractivity contribution >= 4 is 10.9 Å². The molecule has 0 N–H and O–H groups in total. The van der Waals surface area contributed by atoms with Crippen LogP contribution >= 0.6 is 0 Å². The van der Waals surface area contributed by atoms with Crippen LogP contribution in [0, 0.1) is 20.8 Å². The second-order valence-corrected chi connectivity index (χ2v) is 8.29. The highest BCUT2D eigenvalue weighted by atomic mass is 14.9. The van der Waals surface area contributed by atoms with Gasteiger partial charge in [-0.1, -0.05) is 31.5 Å². The summed E-state index contributed by atoms with van der Waals surface area (Å²) in [6, 6.07) is 15.5. The topological polar surface area (TPSA) is 29.7 Å². The Labute approximate surface area is 173 Å². The molecule has 29 heavy (non-hydrogen) atoms. The Balaban J connectivity index is 1.86. The van der Waals surface area contributed by atoms with Gasteiger partial charge in [-0.2, -0.15) is 4.57 Å². The van der Waals surface area contributed by atoms with Crippen LogP contribution < -0.4 is 4.57 Å². The van der Waals surface area contributed by atoms with E-state index in [1.807, 2.05) is 12.4 Å². The third kappa shape index (κ3) is 3.53. The molecule has 0 amide bonds. The molecule has 3 nitrogen and oxygen atoms in total. The smallest absolute Gasteiger partial charge is 0.213 e. The molecule has 0 saturated carbocycles. The molecule has 0 radical (unpaired) electrons. The molecule has 0 aliphatic heterocycles. The average Bonchev–Trinajstić information content (AvgIpc) is 2.71. The molecule has 4 aromatic rings. The maximum absolute atomic E-state index is 4.65. The molecule has 0 saturated heterocycles. The van der Waals surface area contributed by atoms with Gasteiger partial charge in [0.2, 0.25) is 11.2 Å². The zero-order valence-corrected chi connectivity index (χ0v) is 18.1. The molecule has 0 aliphatic carbocycles. The molecule has 2 aromatic heterocycles. The summed E-state index contributed by atoms with van der Waals surface area (Å²) in [7, 11) is 2.14. The van der Waals surface area contributed by atoms with Crippen LogP contribution in [0.2, 0.25) is 0 Å². The molecule has 0 unspecified atom stereocenters. The first-order valence-electron chi connectivity index (χ1n) is 10.2. The zero-order valence-electron chi connectivity index (χ0n) is 18.1. The highest BCUT2D eigenvalue weighted by Gasteiger charge is 2.18. The maximum atomic E-state index is 4.65. The van der Waals surface area contributed by atoms with Crippen LogP contribution in [0.4, 0.5) is 0 Å². The highest BCUT2D eigenvalue weighted by molar-refractivity contribution is 5.82. The highest BCUT2D eigenvalue weighted by Crippen LogP contribution is 2.28. The first kappa shape index (κ1) is 19.3. The van der Waals surface area contributed by atoms with E-state index in [1.165, 1.54) is 38.9 Å². The van der Waals surface area contributed by atoms with E-state index >= 15 is 0 Å². The maximum Gasteiger partial charge on any atom is 0.213 e. The van der Waals surface area contributed by atoms with Crippen molar-refractivity contribution in [2.75, 3.05) is 0 Å². The lowest BCUT2D eigenvalue weighted by molar-refractivity contribution is -0.633. The quantitative estimate of drug-likeness (QED) is 0.417. The minimum absolute atomic E-state index is 0.384. The van der Waals surface area contributed by atoms with Crippen molar-refractivity contribution in [1.82, 2.24) is 9.97 Å². The Kier molecular flexibility index (Phi) is 4.91. The van der Waals surface area contributed by atoms with Crippen LogP contribution in [0.1, 0.15) is 42.1 Å². The van der Waals surface area contributed by atoms with Crippen molar-refractivity contribution in [3.05, 3.63) is 77.2 Å². The SMILES string of the molecule is Cc1cc(C)c(C)c(-c2ccc3ccc(-c4cnc(C(C)C)cn4)cc3[n+]2C)c1. The van der Waals surface area contributed by atoms with Crippen LogP contribution in [0.25, 0.3) is 33.4 Å².